The summed E-state index contributed by atoms with van der Waals surface area (Å²) < 4.78 is 5.71. The smallest absolute Gasteiger partial charge is 0.120 e. The molecule has 102 valence electrons. The van der Waals surface area contributed by atoms with E-state index in [0.29, 0.717) is 6.54 Å². The lowest BCUT2D eigenvalue weighted by Crippen LogP contribution is -2.17. The summed E-state index contributed by atoms with van der Waals surface area (Å²) in [6.07, 6.45) is 0. The number of pyridine rings is 1. The van der Waals surface area contributed by atoms with Crippen LogP contribution in [0, 0.1) is 13.8 Å². The largest absolute Gasteiger partial charge is 0.463 e. The van der Waals surface area contributed by atoms with Crippen LogP contribution in [0.3, 0.4) is 0 Å². The zero-order valence-corrected chi connectivity index (χ0v) is 11.8. The van der Waals surface area contributed by atoms with Crippen LogP contribution in [0.25, 0.3) is 0 Å². The van der Waals surface area contributed by atoms with E-state index in [1.165, 1.54) is 0 Å². The molecule has 19 heavy (non-hydrogen) atoms. The van der Waals surface area contributed by atoms with Crippen LogP contribution in [-0.4, -0.2) is 16.9 Å². The Bertz CT molecular complexity index is 548. The summed E-state index contributed by atoms with van der Waals surface area (Å²) in [7, 11) is 2.06. The molecule has 0 spiro atoms. The Morgan fingerprint density at radius 3 is 2.68 bits per heavy atom. The first-order valence-electron chi connectivity index (χ1n) is 6.48. The van der Waals surface area contributed by atoms with Crippen LogP contribution in [0.1, 0.15) is 28.5 Å². The fourth-order valence-electron chi connectivity index (χ4n) is 2.16. The van der Waals surface area contributed by atoms with Gasteiger partial charge in [0.25, 0.3) is 0 Å². The molecule has 0 aliphatic carbocycles. The van der Waals surface area contributed by atoms with E-state index in [9.17, 15) is 0 Å². The van der Waals surface area contributed by atoms with Crippen LogP contribution < -0.4 is 5.73 Å². The molecule has 0 aromatic carbocycles. The molecule has 0 fully saturated rings. The number of rotatable bonds is 5. The van der Waals surface area contributed by atoms with E-state index < -0.39 is 0 Å². The van der Waals surface area contributed by atoms with Gasteiger partial charge >= 0.3 is 0 Å². The summed E-state index contributed by atoms with van der Waals surface area (Å²) >= 11 is 0. The molecular weight excluding hydrogens is 238 g/mol. The van der Waals surface area contributed by atoms with Gasteiger partial charge in [0.2, 0.25) is 0 Å². The zero-order chi connectivity index (χ0) is 13.8. The fourth-order valence-corrected chi connectivity index (χ4v) is 2.16. The van der Waals surface area contributed by atoms with Crippen LogP contribution in [0.5, 0.6) is 0 Å². The van der Waals surface area contributed by atoms with Crippen molar-refractivity contribution in [2.75, 3.05) is 7.05 Å². The molecule has 0 radical (unpaired) electrons. The second-order valence-corrected chi connectivity index (χ2v) is 4.97. The molecule has 4 nitrogen and oxygen atoms in total. The van der Waals surface area contributed by atoms with Crippen LogP contribution in [0.15, 0.2) is 28.7 Å². The minimum absolute atomic E-state index is 0.453. The van der Waals surface area contributed by atoms with E-state index >= 15 is 0 Å². The van der Waals surface area contributed by atoms with E-state index in [1.807, 2.05) is 32.0 Å². The molecule has 0 aliphatic heterocycles. The Kier molecular flexibility index (Phi) is 4.35. The average Bonchev–Trinajstić information content (AvgIpc) is 2.69. The summed E-state index contributed by atoms with van der Waals surface area (Å²) in [5.74, 6) is 1.82. The summed E-state index contributed by atoms with van der Waals surface area (Å²) in [6, 6.07) is 8.15. The highest BCUT2D eigenvalue weighted by Gasteiger charge is 2.09. The third-order valence-corrected chi connectivity index (χ3v) is 3.06. The lowest BCUT2D eigenvalue weighted by molar-refractivity contribution is 0.280. The molecule has 0 bridgehead atoms. The van der Waals surface area contributed by atoms with Crippen molar-refractivity contribution in [2.24, 2.45) is 5.73 Å². The normalized spacial score (nSPS) is 11.2. The first-order valence-corrected chi connectivity index (χ1v) is 6.48. The maximum Gasteiger partial charge on any atom is 0.120 e. The van der Waals surface area contributed by atoms with Gasteiger partial charge in [-0.2, -0.15) is 0 Å². The number of nitrogens with two attached hydrogens (primary N) is 1. The molecular formula is C15H21N3O. The molecule has 0 unspecified atom stereocenters. The summed E-state index contributed by atoms with van der Waals surface area (Å²) in [5, 5.41) is 0. The molecule has 0 saturated carbocycles. The van der Waals surface area contributed by atoms with Gasteiger partial charge in [-0.05, 0) is 44.7 Å². The minimum Gasteiger partial charge on any atom is -0.463 e. The third kappa shape index (κ3) is 3.66. The first kappa shape index (κ1) is 13.8. The van der Waals surface area contributed by atoms with Gasteiger partial charge in [0.05, 0.1) is 18.8 Å². The highest BCUT2D eigenvalue weighted by molar-refractivity contribution is 5.20. The average molecular weight is 259 g/mol. The Balaban J connectivity index is 1.98. The predicted molar refractivity (Wildman–Crippen MR) is 75.5 cm³/mol. The monoisotopic (exact) mass is 259 g/mol. The van der Waals surface area contributed by atoms with Crippen LogP contribution in [-0.2, 0) is 19.6 Å². The van der Waals surface area contributed by atoms with Crippen LogP contribution in [0.2, 0.25) is 0 Å². The second-order valence-electron chi connectivity index (χ2n) is 4.97. The predicted octanol–water partition coefficient (Wildman–Crippen LogP) is 2.38. The van der Waals surface area contributed by atoms with E-state index in [1.54, 1.807) is 0 Å². The summed E-state index contributed by atoms with van der Waals surface area (Å²) in [4.78, 5) is 6.68. The van der Waals surface area contributed by atoms with Gasteiger partial charge in [0.15, 0.2) is 0 Å². The minimum atomic E-state index is 0.453. The van der Waals surface area contributed by atoms with Crippen molar-refractivity contribution in [1.29, 1.82) is 0 Å². The van der Waals surface area contributed by atoms with Crippen molar-refractivity contribution in [2.45, 2.75) is 33.5 Å². The number of hydrogen-bond donors (Lipinski definition) is 1. The molecule has 2 rings (SSSR count). The number of furan rings is 1. The third-order valence-electron chi connectivity index (χ3n) is 3.06. The van der Waals surface area contributed by atoms with Crippen molar-refractivity contribution < 1.29 is 4.42 Å². The lowest BCUT2D eigenvalue weighted by Gasteiger charge is -2.14. The molecule has 0 amide bonds. The summed E-state index contributed by atoms with van der Waals surface area (Å²) in [5.41, 5.74) is 8.86. The standard InChI is InChI=1S/C15H21N3O/c1-11-7-14(19-15(11)8-16)10-18(3)9-13-6-4-5-12(2)17-13/h4-7H,8-10,16H2,1-3H3. The Morgan fingerprint density at radius 1 is 1.26 bits per heavy atom. The number of aryl methyl sites for hydroxylation is 2. The molecule has 2 aromatic heterocycles. The Labute approximate surface area is 114 Å². The van der Waals surface area contributed by atoms with Gasteiger partial charge in [0, 0.05) is 12.2 Å². The quantitative estimate of drug-likeness (QED) is 0.895. The van der Waals surface area contributed by atoms with Crippen molar-refractivity contribution in [3.05, 3.63) is 52.7 Å². The van der Waals surface area contributed by atoms with Crippen LogP contribution >= 0.6 is 0 Å². The van der Waals surface area contributed by atoms with E-state index in [2.05, 4.69) is 23.0 Å². The molecule has 0 aliphatic rings. The molecule has 2 heterocycles. The molecule has 2 N–H and O–H groups in total. The topological polar surface area (TPSA) is 55.3 Å². The number of aromatic nitrogens is 1. The number of hydrogen-bond acceptors (Lipinski definition) is 4. The molecule has 4 heteroatoms. The van der Waals surface area contributed by atoms with Crippen molar-refractivity contribution in [1.82, 2.24) is 9.88 Å². The van der Waals surface area contributed by atoms with Gasteiger partial charge in [-0.3, -0.25) is 9.88 Å². The maximum atomic E-state index is 5.71. The van der Waals surface area contributed by atoms with Crippen LogP contribution in [0.4, 0.5) is 0 Å². The lowest BCUT2D eigenvalue weighted by atomic mass is 10.2. The van der Waals surface area contributed by atoms with Gasteiger partial charge < -0.3 is 10.2 Å². The van der Waals surface area contributed by atoms with E-state index in [4.69, 9.17) is 10.2 Å². The molecule has 2 aromatic rings. The van der Waals surface area contributed by atoms with Crippen molar-refractivity contribution in [3.8, 4) is 0 Å². The first-order chi connectivity index (χ1) is 9.08. The van der Waals surface area contributed by atoms with Gasteiger partial charge in [-0.15, -0.1) is 0 Å². The Morgan fingerprint density at radius 2 is 2.05 bits per heavy atom. The highest BCUT2D eigenvalue weighted by atomic mass is 16.3. The van der Waals surface area contributed by atoms with E-state index in [0.717, 1.165) is 41.6 Å². The van der Waals surface area contributed by atoms with Gasteiger partial charge in [-0.25, -0.2) is 0 Å². The molecule has 0 atom stereocenters. The van der Waals surface area contributed by atoms with Gasteiger partial charge in [-0.1, -0.05) is 6.07 Å². The fraction of sp³-hybridized carbons (Fsp3) is 0.400. The molecule has 0 saturated heterocycles. The zero-order valence-electron chi connectivity index (χ0n) is 11.8. The Hall–Kier alpha value is -1.65. The highest BCUT2D eigenvalue weighted by Crippen LogP contribution is 2.16. The SMILES string of the molecule is Cc1cccc(CN(C)Cc2cc(C)c(CN)o2)n1. The van der Waals surface area contributed by atoms with E-state index in [-0.39, 0.29) is 0 Å². The summed E-state index contributed by atoms with van der Waals surface area (Å²) in [6.45, 7) is 6.05. The van der Waals surface area contributed by atoms with Crippen molar-refractivity contribution in [3.63, 3.8) is 0 Å². The van der Waals surface area contributed by atoms with Gasteiger partial charge in [0.1, 0.15) is 11.5 Å². The maximum absolute atomic E-state index is 5.71. The second kappa shape index (κ2) is 5.99. The number of nitrogens with zero attached hydrogens (tertiary/aromatic N) is 2. The van der Waals surface area contributed by atoms with Crippen molar-refractivity contribution >= 4 is 0 Å².